The molecule has 2 aromatic heterocycles. The van der Waals surface area contributed by atoms with Gasteiger partial charge in [0, 0.05) is 19.3 Å². The molecule has 0 fully saturated rings. The molecule has 0 aliphatic carbocycles. The minimum atomic E-state index is -0.111. The first kappa shape index (κ1) is 14.5. The molecule has 2 rings (SSSR count). The van der Waals surface area contributed by atoms with Crippen molar-refractivity contribution in [3.63, 3.8) is 0 Å². The Kier molecular flexibility index (Phi) is 5.06. The molecule has 2 heterocycles. The molecule has 0 saturated carbocycles. The van der Waals surface area contributed by atoms with Crippen molar-refractivity contribution in [1.82, 2.24) is 19.9 Å². The topological polar surface area (TPSA) is 79.5 Å². The Morgan fingerprint density at radius 3 is 3.05 bits per heavy atom. The Hall–Kier alpha value is -1.95. The number of amides is 1. The van der Waals surface area contributed by atoms with Crippen molar-refractivity contribution in [2.75, 3.05) is 13.2 Å². The lowest BCUT2D eigenvalue weighted by Gasteiger charge is -2.15. The van der Waals surface area contributed by atoms with Gasteiger partial charge in [-0.05, 0) is 30.9 Å². The number of nitrogens with one attached hydrogen (secondary N) is 1. The van der Waals surface area contributed by atoms with Crippen LogP contribution in [0.4, 0.5) is 0 Å². The van der Waals surface area contributed by atoms with Gasteiger partial charge in [0.1, 0.15) is 6.33 Å². The van der Waals surface area contributed by atoms with E-state index in [1.807, 2.05) is 0 Å². The maximum atomic E-state index is 12.1. The fourth-order valence-electron chi connectivity index (χ4n) is 2.24. The summed E-state index contributed by atoms with van der Waals surface area (Å²) in [5.41, 5.74) is 1.29. The van der Waals surface area contributed by atoms with Gasteiger partial charge in [-0.3, -0.25) is 9.20 Å². The smallest absolute Gasteiger partial charge is 0.252 e. The first-order valence-electron chi connectivity index (χ1n) is 6.93. The van der Waals surface area contributed by atoms with Crippen LogP contribution in [0.15, 0.2) is 24.7 Å². The molecule has 0 bridgehead atoms. The van der Waals surface area contributed by atoms with Gasteiger partial charge in [0.25, 0.3) is 5.91 Å². The number of carbonyl (C=O) groups excluding carboxylic acids is 1. The van der Waals surface area contributed by atoms with Gasteiger partial charge in [-0.1, -0.05) is 13.3 Å². The molecule has 2 N–H and O–H groups in total. The summed E-state index contributed by atoms with van der Waals surface area (Å²) in [4.78, 5) is 12.1. The molecule has 2 aromatic rings. The maximum absolute atomic E-state index is 12.1. The summed E-state index contributed by atoms with van der Waals surface area (Å²) in [5, 5.41) is 19.6. The number of aromatic nitrogens is 3. The second kappa shape index (κ2) is 7.00. The molecule has 0 aromatic carbocycles. The first-order valence-corrected chi connectivity index (χ1v) is 6.93. The Morgan fingerprint density at radius 1 is 1.45 bits per heavy atom. The number of aliphatic hydroxyl groups is 1. The van der Waals surface area contributed by atoms with E-state index in [9.17, 15) is 4.79 Å². The van der Waals surface area contributed by atoms with E-state index in [1.165, 1.54) is 0 Å². The van der Waals surface area contributed by atoms with Crippen molar-refractivity contribution in [3.8, 4) is 0 Å². The standard InChI is InChI=1S/C14H20N4O2/c1-2-3-11(6-7-19)8-15-14(20)12-4-5-13-17-16-10-18(13)9-12/h4-5,9-11,19H,2-3,6-8H2,1H3,(H,15,20). The van der Waals surface area contributed by atoms with Crippen molar-refractivity contribution in [1.29, 1.82) is 0 Å². The SMILES string of the molecule is CCCC(CCO)CNC(=O)c1ccc2nncn2c1. The Bertz CT molecular complexity index is 561. The van der Waals surface area contributed by atoms with Crippen LogP contribution < -0.4 is 5.32 Å². The van der Waals surface area contributed by atoms with Crippen LogP contribution in [0.5, 0.6) is 0 Å². The zero-order valence-corrected chi connectivity index (χ0v) is 11.6. The third-order valence-corrected chi connectivity index (χ3v) is 3.34. The summed E-state index contributed by atoms with van der Waals surface area (Å²) in [7, 11) is 0. The van der Waals surface area contributed by atoms with Gasteiger partial charge in [-0.2, -0.15) is 0 Å². The average molecular weight is 276 g/mol. The summed E-state index contributed by atoms with van der Waals surface area (Å²) in [6.07, 6.45) is 6.06. The van der Waals surface area contributed by atoms with Crippen molar-refractivity contribution < 1.29 is 9.90 Å². The highest BCUT2D eigenvalue weighted by Crippen LogP contribution is 2.10. The number of pyridine rings is 1. The molecule has 0 spiro atoms. The van der Waals surface area contributed by atoms with E-state index >= 15 is 0 Å². The van der Waals surface area contributed by atoms with E-state index in [2.05, 4.69) is 22.4 Å². The van der Waals surface area contributed by atoms with Gasteiger partial charge < -0.3 is 10.4 Å². The van der Waals surface area contributed by atoms with Gasteiger partial charge in [-0.25, -0.2) is 0 Å². The monoisotopic (exact) mass is 276 g/mol. The minimum absolute atomic E-state index is 0.111. The average Bonchev–Trinajstić information content (AvgIpc) is 2.92. The highest BCUT2D eigenvalue weighted by atomic mass is 16.3. The quantitative estimate of drug-likeness (QED) is 0.798. The number of aliphatic hydroxyl groups excluding tert-OH is 1. The van der Waals surface area contributed by atoms with Gasteiger partial charge in [0.2, 0.25) is 0 Å². The highest BCUT2D eigenvalue weighted by molar-refractivity contribution is 5.94. The van der Waals surface area contributed by atoms with E-state index in [1.54, 1.807) is 29.1 Å². The van der Waals surface area contributed by atoms with Crippen LogP contribution in [0.1, 0.15) is 36.5 Å². The van der Waals surface area contributed by atoms with Crippen molar-refractivity contribution in [2.24, 2.45) is 5.92 Å². The van der Waals surface area contributed by atoms with Crippen molar-refractivity contribution >= 4 is 11.6 Å². The number of carbonyl (C=O) groups is 1. The normalized spacial score (nSPS) is 12.5. The van der Waals surface area contributed by atoms with E-state index in [0.29, 0.717) is 23.7 Å². The molecule has 108 valence electrons. The molecule has 1 unspecified atom stereocenters. The third-order valence-electron chi connectivity index (χ3n) is 3.34. The molecule has 1 amide bonds. The number of rotatable bonds is 7. The van der Waals surface area contributed by atoms with Crippen LogP contribution >= 0.6 is 0 Å². The summed E-state index contributed by atoms with van der Waals surface area (Å²) in [6, 6.07) is 3.50. The molecular formula is C14H20N4O2. The lowest BCUT2D eigenvalue weighted by molar-refractivity contribution is 0.0942. The lowest BCUT2D eigenvalue weighted by atomic mass is 10.0. The molecule has 0 saturated heterocycles. The van der Waals surface area contributed by atoms with Gasteiger partial charge in [-0.15, -0.1) is 10.2 Å². The molecule has 0 aliphatic heterocycles. The number of hydrogen-bond donors (Lipinski definition) is 2. The zero-order valence-electron chi connectivity index (χ0n) is 11.6. The van der Waals surface area contributed by atoms with Crippen LogP contribution in [0.3, 0.4) is 0 Å². The van der Waals surface area contributed by atoms with E-state index in [4.69, 9.17) is 5.11 Å². The molecule has 1 atom stereocenters. The number of nitrogens with zero attached hydrogens (tertiary/aromatic N) is 3. The van der Waals surface area contributed by atoms with Crippen LogP contribution in [-0.2, 0) is 0 Å². The zero-order chi connectivity index (χ0) is 14.4. The van der Waals surface area contributed by atoms with Crippen LogP contribution in [0.2, 0.25) is 0 Å². The van der Waals surface area contributed by atoms with E-state index in [-0.39, 0.29) is 12.5 Å². The molecule has 20 heavy (non-hydrogen) atoms. The molecule has 0 aliphatic rings. The number of fused-ring (bicyclic) bond motifs is 1. The second-order valence-electron chi connectivity index (χ2n) is 4.89. The minimum Gasteiger partial charge on any atom is -0.396 e. The highest BCUT2D eigenvalue weighted by Gasteiger charge is 2.11. The number of hydrogen-bond acceptors (Lipinski definition) is 4. The second-order valence-corrected chi connectivity index (χ2v) is 4.89. The molecular weight excluding hydrogens is 256 g/mol. The molecule has 6 heteroatoms. The van der Waals surface area contributed by atoms with E-state index < -0.39 is 0 Å². The van der Waals surface area contributed by atoms with Crippen molar-refractivity contribution in [2.45, 2.75) is 26.2 Å². The predicted octanol–water partition coefficient (Wildman–Crippen LogP) is 1.26. The Morgan fingerprint density at radius 2 is 2.30 bits per heavy atom. The Balaban J connectivity index is 1.96. The predicted molar refractivity (Wildman–Crippen MR) is 75.4 cm³/mol. The molecule has 0 radical (unpaired) electrons. The lowest BCUT2D eigenvalue weighted by Crippen LogP contribution is -2.30. The maximum Gasteiger partial charge on any atom is 0.252 e. The largest absolute Gasteiger partial charge is 0.396 e. The van der Waals surface area contributed by atoms with Gasteiger partial charge in [0.05, 0.1) is 5.56 Å². The Labute approximate surface area is 117 Å². The fourth-order valence-corrected chi connectivity index (χ4v) is 2.24. The first-order chi connectivity index (χ1) is 9.74. The summed E-state index contributed by atoms with van der Waals surface area (Å²) >= 11 is 0. The molecule has 6 nitrogen and oxygen atoms in total. The summed E-state index contributed by atoms with van der Waals surface area (Å²) in [5.74, 6) is 0.215. The van der Waals surface area contributed by atoms with E-state index in [0.717, 1.165) is 19.3 Å². The van der Waals surface area contributed by atoms with Gasteiger partial charge in [0.15, 0.2) is 5.65 Å². The van der Waals surface area contributed by atoms with Crippen LogP contribution in [0.25, 0.3) is 5.65 Å². The third kappa shape index (κ3) is 3.54. The van der Waals surface area contributed by atoms with Crippen LogP contribution in [-0.4, -0.2) is 38.8 Å². The summed E-state index contributed by atoms with van der Waals surface area (Å²) in [6.45, 7) is 2.85. The van der Waals surface area contributed by atoms with Crippen LogP contribution in [0, 0.1) is 5.92 Å². The van der Waals surface area contributed by atoms with Gasteiger partial charge >= 0.3 is 0 Å². The fraction of sp³-hybridized carbons (Fsp3) is 0.500. The van der Waals surface area contributed by atoms with Crippen molar-refractivity contribution in [3.05, 3.63) is 30.2 Å². The summed E-state index contributed by atoms with van der Waals surface area (Å²) < 4.78 is 1.71.